The second-order valence-corrected chi connectivity index (χ2v) is 4.79. The fourth-order valence-electron chi connectivity index (χ4n) is 1.57. The van der Waals surface area contributed by atoms with Gasteiger partial charge in [0.1, 0.15) is 5.76 Å². The molecule has 110 valence electrons. The van der Waals surface area contributed by atoms with E-state index in [1.165, 1.54) is 0 Å². The van der Waals surface area contributed by atoms with Crippen LogP contribution in [-0.4, -0.2) is 43.7 Å². The fourth-order valence-corrected chi connectivity index (χ4v) is 1.57. The highest BCUT2D eigenvalue weighted by Crippen LogP contribution is 2.11. The first-order chi connectivity index (χ1) is 9.09. The van der Waals surface area contributed by atoms with Crippen molar-refractivity contribution < 1.29 is 19.0 Å². The molecule has 0 radical (unpaired) electrons. The molecule has 0 spiro atoms. The molecule has 1 aromatic rings. The van der Waals surface area contributed by atoms with Gasteiger partial charge in [0.2, 0.25) is 0 Å². The van der Waals surface area contributed by atoms with E-state index in [2.05, 4.69) is 5.32 Å². The van der Waals surface area contributed by atoms with Crippen molar-refractivity contribution in [2.45, 2.75) is 39.0 Å². The van der Waals surface area contributed by atoms with Gasteiger partial charge in [-0.2, -0.15) is 0 Å². The molecular weight excluding hydrogens is 246 g/mol. The number of hydrogen-bond acceptors (Lipinski definition) is 5. The third kappa shape index (κ3) is 7.32. The molecular formula is C14H25NO4. The second-order valence-electron chi connectivity index (χ2n) is 4.79. The minimum atomic E-state index is -0.531. The van der Waals surface area contributed by atoms with Gasteiger partial charge in [-0.05, 0) is 32.9 Å². The first-order valence-corrected chi connectivity index (χ1v) is 6.73. The molecule has 5 nitrogen and oxygen atoms in total. The number of hydrogen-bond donors (Lipinski definition) is 2. The standard InChI is InChI=1S/C14H25NO4/c1-11(2)18-8-7-17-10-13(16)9-15-12(3)14-5-4-6-19-14/h4-6,11-13,15-16H,7-10H2,1-3H3/t12-,13?/m1/s1. The van der Waals surface area contributed by atoms with Gasteiger partial charge in [0.25, 0.3) is 0 Å². The van der Waals surface area contributed by atoms with Gasteiger partial charge in [-0.3, -0.25) is 0 Å². The van der Waals surface area contributed by atoms with E-state index in [1.807, 2.05) is 32.9 Å². The van der Waals surface area contributed by atoms with Gasteiger partial charge >= 0.3 is 0 Å². The van der Waals surface area contributed by atoms with Crippen molar-refractivity contribution in [3.8, 4) is 0 Å². The van der Waals surface area contributed by atoms with E-state index in [9.17, 15) is 5.11 Å². The fraction of sp³-hybridized carbons (Fsp3) is 0.714. The molecule has 1 aromatic heterocycles. The van der Waals surface area contributed by atoms with Crippen LogP contribution in [0.15, 0.2) is 22.8 Å². The topological polar surface area (TPSA) is 63.9 Å². The van der Waals surface area contributed by atoms with E-state index in [0.29, 0.717) is 26.4 Å². The van der Waals surface area contributed by atoms with Crippen LogP contribution in [0.2, 0.25) is 0 Å². The molecule has 0 aromatic carbocycles. The predicted octanol–water partition coefficient (Wildman–Crippen LogP) is 1.73. The summed E-state index contributed by atoms with van der Waals surface area (Å²) in [5.41, 5.74) is 0. The molecule has 0 aliphatic heterocycles. The zero-order valence-electron chi connectivity index (χ0n) is 12.0. The van der Waals surface area contributed by atoms with E-state index < -0.39 is 6.10 Å². The van der Waals surface area contributed by atoms with Crippen LogP contribution in [0.25, 0.3) is 0 Å². The maximum Gasteiger partial charge on any atom is 0.120 e. The monoisotopic (exact) mass is 271 g/mol. The lowest BCUT2D eigenvalue weighted by Crippen LogP contribution is -2.32. The lowest BCUT2D eigenvalue weighted by Gasteiger charge is -2.16. The van der Waals surface area contributed by atoms with Gasteiger partial charge in [-0.25, -0.2) is 0 Å². The number of furan rings is 1. The highest BCUT2D eigenvalue weighted by molar-refractivity contribution is 5.02. The molecule has 0 aliphatic carbocycles. The van der Waals surface area contributed by atoms with Crippen LogP contribution in [0.4, 0.5) is 0 Å². The Morgan fingerprint density at radius 1 is 1.32 bits per heavy atom. The van der Waals surface area contributed by atoms with E-state index in [-0.39, 0.29) is 12.1 Å². The van der Waals surface area contributed by atoms with Crippen LogP contribution in [-0.2, 0) is 9.47 Å². The van der Waals surface area contributed by atoms with Crippen LogP contribution in [0.1, 0.15) is 32.6 Å². The Labute approximate surface area is 114 Å². The largest absolute Gasteiger partial charge is 0.468 e. The maximum absolute atomic E-state index is 9.75. The normalized spacial score (nSPS) is 14.8. The van der Waals surface area contributed by atoms with Gasteiger partial charge in [-0.15, -0.1) is 0 Å². The molecule has 0 saturated carbocycles. The van der Waals surface area contributed by atoms with Gasteiger partial charge in [0.05, 0.1) is 44.3 Å². The quantitative estimate of drug-likeness (QED) is 0.635. The molecule has 1 unspecified atom stereocenters. The molecule has 2 N–H and O–H groups in total. The second kappa shape index (κ2) is 9.09. The summed E-state index contributed by atoms with van der Waals surface area (Å²) in [7, 11) is 0. The first-order valence-electron chi connectivity index (χ1n) is 6.73. The van der Waals surface area contributed by atoms with Gasteiger partial charge in [-0.1, -0.05) is 0 Å². The minimum absolute atomic E-state index is 0.0777. The van der Waals surface area contributed by atoms with Crippen molar-refractivity contribution in [2.75, 3.05) is 26.4 Å². The Hall–Kier alpha value is -0.880. The Morgan fingerprint density at radius 2 is 2.11 bits per heavy atom. The van der Waals surface area contributed by atoms with Crippen LogP contribution in [0.3, 0.4) is 0 Å². The SMILES string of the molecule is CC(C)OCCOCC(O)CN[C@H](C)c1ccco1. The van der Waals surface area contributed by atoms with Crippen LogP contribution >= 0.6 is 0 Å². The van der Waals surface area contributed by atoms with Gasteiger partial charge in [0, 0.05) is 6.54 Å². The summed E-state index contributed by atoms with van der Waals surface area (Å²) in [4.78, 5) is 0. The average Bonchev–Trinajstić information content (AvgIpc) is 2.89. The van der Waals surface area contributed by atoms with Crippen LogP contribution in [0, 0.1) is 0 Å². The summed E-state index contributed by atoms with van der Waals surface area (Å²) in [5.74, 6) is 0.860. The molecule has 0 fully saturated rings. The van der Waals surface area contributed by atoms with E-state index >= 15 is 0 Å². The van der Waals surface area contributed by atoms with E-state index in [4.69, 9.17) is 13.9 Å². The lowest BCUT2D eigenvalue weighted by molar-refractivity contribution is -0.0105. The molecule has 19 heavy (non-hydrogen) atoms. The maximum atomic E-state index is 9.75. The zero-order chi connectivity index (χ0) is 14.1. The lowest BCUT2D eigenvalue weighted by atomic mass is 10.2. The Morgan fingerprint density at radius 3 is 2.74 bits per heavy atom. The smallest absolute Gasteiger partial charge is 0.120 e. The van der Waals surface area contributed by atoms with Crippen molar-refractivity contribution in [3.63, 3.8) is 0 Å². The third-order valence-electron chi connectivity index (χ3n) is 2.62. The Kier molecular flexibility index (Phi) is 7.74. The van der Waals surface area contributed by atoms with Crippen molar-refractivity contribution in [3.05, 3.63) is 24.2 Å². The average molecular weight is 271 g/mol. The van der Waals surface area contributed by atoms with Crippen molar-refractivity contribution in [1.29, 1.82) is 0 Å². The highest BCUT2D eigenvalue weighted by Gasteiger charge is 2.10. The number of aliphatic hydroxyl groups excluding tert-OH is 1. The first kappa shape index (κ1) is 16.2. The molecule has 0 saturated heterocycles. The van der Waals surface area contributed by atoms with E-state index in [1.54, 1.807) is 6.26 Å². The minimum Gasteiger partial charge on any atom is -0.468 e. The molecule has 2 atom stereocenters. The van der Waals surface area contributed by atoms with Gasteiger partial charge in [0.15, 0.2) is 0 Å². The summed E-state index contributed by atoms with van der Waals surface area (Å²) >= 11 is 0. The zero-order valence-corrected chi connectivity index (χ0v) is 12.0. The van der Waals surface area contributed by atoms with Crippen molar-refractivity contribution in [2.24, 2.45) is 0 Å². The Balaban J connectivity index is 2.03. The third-order valence-corrected chi connectivity index (χ3v) is 2.62. The summed E-state index contributed by atoms with van der Waals surface area (Å²) in [6, 6.07) is 3.83. The molecule has 0 bridgehead atoms. The summed E-state index contributed by atoms with van der Waals surface area (Å²) < 4.78 is 15.9. The molecule has 0 amide bonds. The van der Waals surface area contributed by atoms with Crippen LogP contribution in [0.5, 0.6) is 0 Å². The summed E-state index contributed by atoms with van der Waals surface area (Å²) in [6.07, 6.45) is 1.32. The van der Waals surface area contributed by atoms with Crippen molar-refractivity contribution >= 4 is 0 Å². The van der Waals surface area contributed by atoms with Crippen molar-refractivity contribution in [1.82, 2.24) is 5.32 Å². The number of rotatable bonds is 10. The number of ether oxygens (including phenoxy) is 2. The van der Waals surface area contributed by atoms with Gasteiger partial charge < -0.3 is 24.3 Å². The summed E-state index contributed by atoms with van der Waals surface area (Å²) in [6.45, 7) is 7.78. The molecule has 1 heterocycles. The predicted molar refractivity (Wildman–Crippen MR) is 73.0 cm³/mol. The molecule has 5 heteroatoms. The molecule has 0 aliphatic rings. The van der Waals surface area contributed by atoms with Crippen LogP contribution < -0.4 is 5.32 Å². The number of aliphatic hydroxyl groups is 1. The molecule has 1 rings (SSSR count). The number of nitrogens with one attached hydrogen (secondary N) is 1. The Bertz CT molecular complexity index is 313. The summed E-state index contributed by atoms with van der Waals surface area (Å²) in [5, 5.41) is 12.9. The van der Waals surface area contributed by atoms with E-state index in [0.717, 1.165) is 5.76 Å². The highest BCUT2D eigenvalue weighted by atomic mass is 16.5.